The zero-order valence-corrected chi connectivity index (χ0v) is 6.77. The molecule has 0 spiro atoms. The Morgan fingerprint density at radius 3 is 2.64 bits per heavy atom. The topological polar surface area (TPSA) is 78.3 Å². The normalized spacial score (nSPS) is 9.55. The number of carbonyl (C=O) groups excluding carboxylic acids is 1. The van der Waals surface area contributed by atoms with Gasteiger partial charge in [0.25, 0.3) is 0 Å². The zero-order valence-electron chi connectivity index (χ0n) is 5.96. The highest BCUT2D eigenvalue weighted by Crippen LogP contribution is 2.26. The highest BCUT2D eigenvalue weighted by Gasteiger charge is 2.12. The Hall–Kier alpha value is -1.23. The molecule has 0 unspecified atom stereocenters. The second kappa shape index (κ2) is 2.79. The predicted molar refractivity (Wildman–Crippen MR) is 44.5 cm³/mol. The van der Waals surface area contributed by atoms with Crippen LogP contribution in [0.3, 0.4) is 0 Å². The van der Waals surface area contributed by atoms with Crippen LogP contribution in [0.4, 0.5) is 10.0 Å². The minimum Gasteiger partial charge on any atom is -0.465 e. The van der Waals surface area contributed by atoms with Crippen LogP contribution >= 0.6 is 11.3 Å². The van der Waals surface area contributed by atoms with E-state index in [0.29, 0.717) is 15.6 Å². The molecular formula is C6H8N2O2S. The van der Waals surface area contributed by atoms with E-state index < -0.39 is 5.97 Å². The first-order valence-corrected chi connectivity index (χ1v) is 3.70. The van der Waals surface area contributed by atoms with Crippen LogP contribution in [0.2, 0.25) is 0 Å². The summed E-state index contributed by atoms with van der Waals surface area (Å²) in [5, 5.41) is 0.914. The van der Waals surface area contributed by atoms with E-state index in [4.69, 9.17) is 11.5 Å². The van der Waals surface area contributed by atoms with Crippen molar-refractivity contribution < 1.29 is 9.53 Å². The van der Waals surface area contributed by atoms with Crippen LogP contribution < -0.4 is 11.5 Å². The molecule has 5 heteroatoms. The van der Waals surface area contributed by atoms with E-state index in [9.17, 15) is 4.79 Å². The highest BCUT2D eigenvalue weighted by atomic mass is 32.1. The Bertz CT molecular complexity index is 282. The van der Waals surface area contributed by atoms with Gasteiger partial charge in [-0.25, -0.2) is 4.79 Å². The third-order valence-electron chi connectivity index (χ3n) is 1.19. The van der Waals surface area contributed by atoms with E-state index in [1.54, 1.807) is 0 Å². The molecule has 0 aromatic carbocycles. The highest BCUT2D eigenvalue weighted by molar-refractivity contribution is 7.20. The number of thiophene rings is 1. The first kappa shape index (κ1) is 7.87. The third kappa shape index (κ3) is 1.43. The standard InChI is InChI=1S/C6H8N2O2S/c1-10-6(9)3-2-4(7)11-5(3)8/h2H,7-8H2,1H3. The number of hydrogen-bond donors (Lipinski definition) is 2. The van der Waals surface area contributed by atoms with Gasteiger partial charge in [-0.2, -0.15) is 0 Å². The van der Waals surface area contributed by atoms with Gasteiger partial charge >= 0.3 is 5.97 Å². The van der Waals surface area contributed by atoms with Gasteiger partial charge in [0.2, 0.25) is 0 Å². The van der Waals surface area contributed by atoms with Crippen molar-refractivity contribution in [3.63, 3.8) is 0 Å². The first-order valence-electron chi connectivity index (χ1n) is 2.88. The maximum atomic E-state index is 10.9. The lowest BCUT2D eigenvalue weighted by Crippen LogP contribution is -2.01. The van der Waals surface area contributed by atoms with E-state index in [1.165, 1.54) is 24.5 Å². The Kier molecular flexibility index (Phi) is 2.00. The summed E-state index contributed by atoms with van der Waals surface area (Å²) in [5.41, 5.74) is 11.2. The molecule has 60 valence electrons. The van der Waals surface area contributed by atoms with Gasteiger partial charge in [0.05, 0.1) is 17.7 Å². The van der Waals surface area contributed by atoms with E-state index in [2.05, 4.69) is 4.74 Å². The molecule has 1 rings (SSSR count). The quantitative estimate of drug-likeness (QED) is 0.611. The van der Waals surface area contributed by atoms with Crippen molar-refractivity contribution in [1.29, 1.82) is 0 Å². The van der Waals surface area contributed by atoms with Crippen LogP contribution in [0.5, 0.6) is 0 Å². The van der Waals surface area contributed by atoms with E-state index in [-0.39, 0.29) is 0 Å². The van der Waals surface area contributed by atoms with Gasteiger partial charge in [0.15, 0.2) is 0 Å². The van der Waals surface area contributed by atoms with Gasteiger partial charge in [-0.3, -0.25) is 0 Å². The molecule has 4 nitrogen and oxygen atoms in total. The lowest BCUT2D eigenvalue weighted by Gasteiger charge is -1.94. The molecule has 1 aromatic rings. The average Bonchev–Trinajstić information content (AvgIpc) is 2.28. The fourth-order valence-corrected chi connectivity index (χ4v) is 1.38. The number of carbonyl (C=O) groups is 1. The SMILES string of the molecule is COC(=O)c1cc(N)sc1N. The number of methoxy groups -OCH3 is 1. The molecule has 0 bridgehead atoms. The first-order chi connectivity index (χ1) is 5.15. The molecule has 0 fully saturated rings. The van der Waals surface area contributed by atoms with Crippen molar-refractivity contribution in [2.24, 2.45) is 0 Å². The summed E-state index contributed by atoms with van der Waals surface area (Å²) in [5.74, 6) is -0.449. The molecule has 0 atom stereocenters. The molecule has 0 amide bonds. The minimum atomic E-state index is -0.449. The van der Waals surface area contributed by atoms with Gasteiger partial charge in [0.1, 0.15) is 5.00 Å². The Morgan fingerprint density at radius 1 is 1.64 bits per heavy atom. The van der Waals surface area contributed by atoms with Crippen LogP contribution in [0.1, 0.15) is 10.4 Å². The summed E-state index contributed by atoms with van der Waals surface area (Å²) in [6.45, 7) is 0. The summed E-state index contributed by atoms with van der Waals surface area (Å²) in [7, 11) is 1.30. The fraction of sp³-hybridized carbons (Fsp3) is 0.167. The van der Waals surface area contributed by atoms with Crippen molar-refractivity contribution in [3.05, 3.63) is 11.6 Å². The molecule has 1 heterocycles. The summed E-state index contributed by atoms with van der Waals surface area (Å²) in [6, 6.07) is 1.51. The van der Waals surface area contributed by atoms with Crippen molar-refractivity contribution in [2.75, 3.05) is 18.6 Å². The molecular weight excluding hydrogens is 164 g/mol. The van der Waals surface area contributed by atoms with E-state index >= 15 is 0 Å². The molecule has 0 saturated carbocycles. The van der Waals surface area contributed by atoms with Gasteiger partial charge in [0, 0.05) is 0 Å². The third-order valence-corrected chi connectivity index (χ3v) is 1.98. The van der Waals surface area contributed by atoms with Crippen molar-refractivity contribution >= 4 is 27.3 Å². The summed E-state index contributed by atoms with van der Waals surface area (Å²) < 4.78 is 4.46. The number of ether oxygens (including phenoxy) is 1. The van der Waals surface area contributed by atoms with Crippen LogP contribution in [-0.2, 0) is 4.74 Å². The molecule has 0 radical (unpaired) electrons. The Labute approximate surface area is 67.8 Å². The lowest BCUT2D eigenvalue weighted by molar-refractivity contribution is 0.0602. The summed E-state index contributed by atoms with van der Waals surface area (Å²) >= 11 is 1.17. The van der Waals surface area contributed by atoms with Crippen LogP contribution in [-0.4, -0.2) is 13.1 Å². The summed E-state index contributed by atoms with van der Waals surface area (Å²) in [4.78, 5) is 10.9. The van der Waals surface area contributed by atoms with Gasteiger partial charge < -0.3 is 16.2 Å². The van der Waals surface area contributed by atoms with Gasteiger partial charge in [-0.15, -0.1) is 11.3 Å². The molecule has 1 aromatic heterocycles. The van der Waals surface area contributed by atoms with Crippen molar-refractivity contribution in [3.8, 4) is 0 Å². The van der Waals surface area contributed by atoms with Crippen LogP contribution in [0, 0.1) is 0 Å². The number of nitrogens with two attached hydrogens (primary N) is 2. The fourth-order valence-electron chi connectivity index (χ4n) is 0.694. The van der Waals surface area contributed by atoms with E-state index in [0.717, 1.165) is 0 Å². The minimum absolute atomic E-state index is 0.343. The number of esters is 1. The average molecular weight is 172 g/mol. The molecule has 0 aliphatic heterocycles. The second-order valence-corrected chi connectivity index (χ2v) is 3.03. The zero-order chi connectivity index (χ0) is 8.43. The second-order valence-electron chi connectivity index (χ2n) is 1.92. The monoisotopic (exact) mass is 172 g/mol. The maximum absolute atomic E-state index is 10.9. The number of hydrogen-bond acceptors (Lipinski definition) is 5. The van der Waals surface area contributed by atoms with Crippen molar-refractivity contribution in [1.82, 2.24) is 0 Å². The molecule has 4 N–H and O–H groups in total. The largest absolute Gasteiger partial charge is 0.465 e. The number of rotatable bonds is 1. The Balaban J connectivity index is 3.03. The molecule has 11 heavy (non-hydrogen) atoms. The smallest absolute Gasteiger partial charge is 0.340 e. The van der Waals surface area contributed by atoms with Crippen LogP contribution in [0.15, 0.2) is 6.07 Å². The number of anilines is 2. The van der Waals surface area contributed by atoms with Gasteiger partial charge in [-0.05, 0) is 6.07 Å². The van der Waals surface area contributed by atoms with Crippen molar-refractivity contribution in [2.45, 2.75) is 0 Å². The summed E-state index contributed by atoms with van der Waals surface area (Å²) in [6.07, 6.45) is 0. The lowest BCUT2D eigenvalue weighted by atomic mass is 10.3. The Morgan fingerprint density at radius 2 is 2.27 bits per heavy atom. The van der Waals surface area contributed by atoms with E-state index in [1.807, 2.05) is 0 Å². The predicted octanol–water partition coefficient (Wildman–Crippen LogP) is 0.699. The molecule has 0 aliphatic carbocycles. The molecule has 0 aliphatic rings. The van der Waals surface area contributed by atoms with Gasteiger partial charge in [-0.1, -0.05) is 0 Å². The maximum Gasteiger partial charge on any atom is 0.340 e. The number of nitrogen functional groups attached to an aromatic ring is 2. The van der Waals surface area contributed by atoms with Crippen LogP contribution in [0.25, 0.3) is 0 Å². The molecule has 0 saturated heterocycles.